The Balaban J connectivity index is 1.47. The van der Waals surface area contributed by atoms with Crippen LogP contribution in [0.25, 0.3) is 6.08 Å². The standard InChI is InChI=1S/C28H25N3O6/c1-3-36-22-12-10-21(11-13-22)31-27(34)24(26(33)30-28(31)35)16-19-7-5-9-23(15-19)37-17-25(32)29-20-8-4-6-18(2)14-20/h4-16H,3,17H2,1-2H3,(H,29,32)(H,30,33,35)/b24-16+. The van der Waals surface area contributed by atoms with Gasteiger partial charge in [-0.25, -0.2) is 9.69 Å². The van der Waals surface area contributed by atoms with E-state index >= 15 is 0 Å². The highest BCUT2D eigenvalue weighted by atomic mass is 16.5. The number of rotatable bonds is 8. The number of imide groups is 2. The Labute approximate surface area is 213 Å². The first kappa shape index (κ1) is 25.2. The van der Waals surface area contributed by atoms with Crippen molar-refractivity contribution in [3.05, 3.63) is 89.5 Å². The summed E-state index contributed by atoms with van der Waals surface area (Å²) in [7, 11) is 0. The number of barbiturate groups is 1. The van der Waals surface area contributed by atoms with E-state index in [2.05, 4.69) is 10.6 Å². The fraction of sp³-hybridized carbons (Fsp3) is 0.143. The molecule has 1 fully saturated rings. The van der Waals surface area contributed by atoms with Gasteiger partial charge in [-0.1, -0.05) is 24.3 Å². The van der Waals surface area contributed by atoms with Gasteiger partial charge in [0, 0.05) is 5.69 Å². The average Bonchev–Trinajstić information content (AvgIpc) is 2.87. The lowest BCUT2D eigenvalue weighted by molar-refractivity contribution is -0.122. The van der Waals surface area contributed by atoms with E-state index in [4.69, 9.17) is 9.47 Å². The van der Waals surface area contributed by atoms with Crippen molar-refractivity contribution in [3.8, 4) is 11.5 Å². The molecular formula is C28H25N3O6. The van der Waals surface area contributed by atoms with Crippen molar-refractivity contribution < 1.29 is 28.7 Å². The molecular weight excluding hydrogens is 474 g/mol. The molecule has 0 aromatic heterocycles. The summed E-state index contributed by atoms with van der Waals surface area (Å²) < 4.78 is 11.0. The second kappa shape index (κ2) is 11.2. The molecule has 1 aliphatic rings. The quantitative estimate of drug-likeness (QED) is 0.357. The number of nitrogens with zero attached hydrogens (tertiary/aromatic N) is 1. The van der Waals surface area contributed by atoms with Gasteiger partial charge in [-0.3, -0.25) is 19.7 Å². The molecule has 1 saturated heterocycles. The lowest BCUT2D eigenvalue weighted by Gasteiger charge is -2.26. The first-order chi connectivity index (χ1) is 17.8. The number of aryl methyl sites for hydroxylation is 1. The third kappa shape index (κ3) is 6.21. The molecule has 0 atom stereocenters. The maximum Gasteiger partial charge on any atom is 0.335 e. The van der Waals surface area contributed by atoms with Crippen LogP contribution in [0.3, 0.4) is 0 Å². The molecule has 37 heavy (non-hydrogen) atoms. The Bertz CT molecular complexity index is 1380. The number of amides is 5. The number of urea groups is 1. The zero-order valence-electron chi connectivity index (χ0n) is 20.3. The highest BCUT2D eigenvalue weighted by molar-refractivity contribution is 6.39. The topological polar surface area (TPSA) is 114 Å². The molecule has 2 N–H and O–H groups in total. The predicted molar refractivity (Wildman–Crippen MR) is 138 cm³/mol. The molecule has 1 heterocycles. The Kier molecular flexibility index (Phi) is 7.63. The van der Waals surface area contributed by atoms with Crippen LogP contribution in [-0.2, 0) is 14.4 Å². The van der Waals surface area contributed by atoms with Gasteiger partial charge in [-0.05, 0) is 79.6 Å². The van der Waals surface area contributed by atoms with Gasteiger partial charge in [0.1, 0.15) is 17.1 Å². The molecule has 0 unspecified atom stereocenters. The molecule has 0 aliphatic carbocycles. The summed E-state index contributed by atoms with van der Waals surface area (Å²) in [5.41, 5.74) is 2.24. The molecule has 3 aromatic rings. The summed E-state index contributed by atoms with van der Waals surface area (Å²) in [5, 5.41) is 4.95. The van der Waals surface area contributed by atoms with E-state index in [1.165, 1.54) is 6.08 Å². The highest BCUT2D eigenvalue weighted by Crippen LogP contribution is 2.25. The maximum atomic E-state index is 13.1. The van der Waals surface area contributed by atoms with Crippen LogP contribution >= 0.6 is 0 Å². The van der Waals surface area contributed by atoms with Gasteiger partial charge in [-0.2, -0.15) is 0 Å². The van der Waals surface area contributed by atoms with Gasteiger partial charge in [0.15, 0.2) is 6.61 Å². The van der Waals surface area contributed by atoms with E-state index < -0.39 is 17.8 Å². The van der Waals surface area contributed by atoms with Gasteiger partial charge in [0.25, 0.3) is 17.7 Å². The lowest BCUT2D eigenvalue weighted by Crippen LogP contribution is -2.54. The van der Waals surface area contributed by atoms with Gasteiger partial charge >= 0.3 is 6.03 Å². The molecule has 4 rings (SSSR count). The Morgan fingerprint density at radius 3 is 2.43 bits per heavy atom. The number of benzene rings is 3. The molecule has 9 nitrogen and oxygen atoms in total. The van der Waals surface area contributed by atoms with Crippen LogP contribution in [0.5, 0.6) is 11.5 Å². The number of carbonyl (C=O) groups is 4. The number of nitrogens with one attached hydrogen (secondary N) is 2. The van der Waals surface area contributed by atoms with Crippen molar-refractivity contribution in [3.63, 3.8) is 0 Å². The number of ether oxygens (including phenoxy) is 2. The van der Waals surface area contributed by atoms with Crippen molar-refractivity contribution in [2.75, 3.05) is 23.4 Å². The number of anilines is 2. The number of carbonyl (C=O) groups excluding carboxylic acids is 4. The molecule has 0 spiro atoms. The van der Waals surface area contributed by atoms with Crippen LogP contribution in [0.1, 0.15) is 18.1 Å². The average molecular weight is 500 g/mol. The summed E-state index contributed by atoms with van der Waals surface area (Å²) in [6.07, 6.45) is 1.37. The van der Waals surface area contributed by atoms with Gasteiger partial charge < -0.3 is 14.8 Å². The smallest absolute Gasteiger partial charge is 0.335 e. The second-order valence-corrected chi connectivity index (χ2v) is 8.16. The zero-order chi connectivity index (χ0) is 26.4. The van der Waals surface area contributed by atoms with Crippen molar-refractivity contribution in [2.24, 2.45) is 0 Å². The van der Waals surface area contributed by atoms with Gasteiger partial charge in [-0.15, -0.1) is 0 Å². The summed E-state index contributed by atoms with van der Waals surface area (Å²) in [4.78, 5) is 51.2. The molecule has 3 aromatic carbocycles. The summed E-state index contributed by atoms with van der Waals surface area (Å²) >= 11 is 0. The molecule has 188 valence electrons. The van der Waals surface area contributed by atoms with E-state index in [9.17, 15) is 19.2 Å². The third-order valence-corrected chi connectivity index (χ3v) is 5.35. The van der Waals surface area contributed by atoms with Gasteiger partial charge in [0.2, 0.25) is 0 Å². The van der Waals surface area contributed by atoms with E-state index in [0.29, 0.717) is 35.0 Å². The van der Waals surface area contributed by atoms with Crippen molar-refractivity contribution in [2.45, 2.75) is 13.8 Å². The molecule has 1 aliphatic heterocycles. The SMILES string of the molecule is CCOc1ccc(N2C(=O)NC(=O)/C(=C\c3cccc(OCC(=O)Nc4cccc(C)c4)c3)C2=O)cc1. The zero-order valence-corrected chi connectivity index (χ0v) is 20.3. The van der Waals surface area contributed by atoms with Crippen LogP contribution in [0.4, 0.5) is 16.2 Å². The molecule has 5 amide bonds. The van der Waals surface area contributed by atoms with Crippen molar-refractivity contribution >= 4 is 41.2 Å². The molecule has 0 bridgehead atoms. The Morgan fingerprint density at radius 1 is 0.946 bits per heavy atom. The molecule has 0 radical (unpaired) electrons. The van der Waals surface area contributed by atoms with E-state index in [1.54, 1.807) is 54.6 Å². The van der Waals surface area contributed by atoms with Crippen LogP contribution in [-0.4, -0.2) is 37.0 Å². The van der Waals surface area contributed by atoms with Crippen molar-refractivity contribution in [1.82, 2.24) is 5.32 Å². The summed E-state index contributed by atoms with van der Waals surface area (Å²) in [6, 6.07) is 19.5. The Morgan fingerprint density at radius 2 is 1.70 bits per heavy atom. The maximum absolute atomic E-state index is 13.1. The minimum atomic E-state index is -0.840. The molecule has 0 saturated carbocycles. The van der Waals surface area contributed by atoms with Crippen molar-refractivity contribution in [1.29, 1.82) is 0 Å². The highest BCUT2D eigenvalue weighted by Gasteiger charge is 2.36. The monoisotopic (exact) mass is 499 g/mol. The van der Waals surface area contributed by atoms with Crippen LogP contribution in [0, 0.1) is 6.92 Å². The first-order valence-corrected chi connectivity index (χ1v) is 11.6. The second-order valence-electron chi connectivity index (χ2n) is 8.16. The normalized spacial score (nSPS) is 14.4. The molecule has 9 heteroatoms. The summed E-state index contributed by atoms with van der Waals surface area (Å²) in [6.45, 7) is 4.02. The van der Waals surface area contributed by atoms with E-state index in [1.807, 2.05) is 32.0 Å². The van der Waals surface area contributed by atoms with E-state index in [0.717, 1.165) is 10.5 Å². The first-order valence-electron chi connectivity index (χ1n) is 11.6. The minimum Gasteiger partial charge on any atom is -0.494 e. The fourth-order valence-electron chi connectivity index (χ4n) is 3.68. The summed E-state index contributed by atoms with van der Waals surface area (Å²) in [5.74, 6) is -0.937. The lowest BCUT2D eigenvalue weighted by atomic mass is 10.1. The minimum absolute atomic E-state index is 0.220. The predicted octanol–water partition coefficient (Wildman–Crippen LogP) is 4.08. The largest absolute Gasteiger partial charge is 0.494 e. The van der Waals surface area contributed by atoms with Gasteiger partial charge in [0.05, 0.1) is 12.3 Å². The van der Waals surface area contributed by atoms with Crippen LogP contribution in [0.15, 0.2) is 78.4 Å². The fourth-order valence-corrected chi connectivity index (χ4v) is 3.68. The van der Waals surface area contributed by atoms with Crippen LogP contribution < -0.4 is 25.0 Å². The third-order valence-electron chi connectivity index (χ3n) is 5.35. The number of hydrogen-bond acceptors (Lipinski definition) is 6. The van der Waals surface area contributed by atoms with E-state index in [-0.39, 0.29) is 18.1 Å². The van der Waals surface area contributed by atoms with Crippen LogP contribution in [0.2, 0.25) is 0 Å². The number of hydrogen-bond donors (Lipinski definition) is 2. The Hall–Kier alpha value is -4.92.